The third kappa shape index (κ3) is 1.97. The van der Waals surface area contributed by atoms with Gasteiger partial charge in [0.25, 0.3) is 5.91 Å². The standard InChI is InChI=1S/C12H18N2O2/c1-3-11-10(5-7-16-11)12(15)14(2)9-4-6-13-8-9/h5,7,9,13H,3-4,6,8H2,1-2H3. The second-order valence-electron chi connectivity index (χ2n) is 4.17. The zero-order valence-electron chi connectivity index (χ0n) is 9.82. The van der Waals surface area contributed by atoms with Crippen LogP contribution in [-0.2, 0) is 6.42 Å². The molecule has 1 unspecified atom stereocenters. The zero-order valence-corrected chi connectivity index (χ0v) is 9.82. The van der Waals surface area contributed by atoms with Crippen molar-refractivity contribution < 1.29 is 9.21 Å². The maximum atomic E-state index is 12.2. The highest BCUT2D eigenvalue weighted by molar-refractivity contribution is 5.95. The topological polar surface area (TPSA) is 45.5 Å². The number of aryl methyl sites for hydroxylation is 1. The van der Waals surface area contributed by atoms with Crippen LogP contribution in [0.15, 0.2) is 16.7 Å². The molecule has 1 aromatic heterocycles. The van der Waals surface area contributed by atoms with Gasteiger partial charge in [0.15, 0.2) is 0 Å². The molecule has 0 bridgehead atoms. The van der Waals surface area contributed by atoms with Gasteiger partial charge in [0.2, 0.25) is 0 Å². The molecule has 1 atom stereocenters. The summed E-state index contributed by atoms with van der Waals surface area (Å²) in [7, 11) is 1.87. The molecular formula is C12H18N2O2. The molecule has 1 aliphatic rings. The SMILES string of the molecule is CCc1occc1C(=O)N(C)C1CCNC1. The number of nitrogens with zero attached hydrogens (tertiary/aromatic N) is 1. The van der Waals surface area contributed by atoms with E-state index in [1.54, 1.807) is 12.3 Å². The van der Waals surface area contributed by atoms with Crippen LogP contribution in [0.5, 0.6) is 0 Å². The second-order valence-corrected chi connectivity index (χ2v) is 4.17. The molecule has 2 heterocycles. The van der Waals surface area contributed by atoms with Crippen LogP contribution in [-0.4, -0.2) is 37.0 Å². The Hall–Kier alpha value is -1.29. The van der Waals surface area contributed by atoms with Crippen molar-refractivity contribution in [1.82, 2.24) is 10.2 Å². The van der Waals surface area contributed by atoms with Gasteiger partial charge in [-0.05, 0) is 19.0 Å². The molecule has 1 saturated heterocycles. The van der Waals surface area contributed by atoms with E-state index < -0.39 is 0 Å². The first-order valence-corrected chi connectivity index (χ1v) is 5.78. The maximum absolute atomic E-state index is 12.2. The molecule has 88 valence electrons. The number of carbonyl (C=O) groups is 1. The average molecular weight is 222 g/mol. The molecule has 1 N–H and O–H groups in total. The van der Waals surface area contributed by atoms with Gasteiger partial charge in [0, 0.05) is 26.1 Å². The van der Waals surface area contributed by atoms with E-state index in [1.807, 2.05) is 18.9 Å². The van der Waals surface area contributed by atoms with E-state index in [-0.39, 0.29) is 5.91 Å². The first-order chi connectivity index (χ1) is 7.74. The van der Waals surface area contributed by atoms with E-state index in [4.69, 9.17) is 4.42 Å². The Morgan fingerprint density at radius 2 is 2.50 bits per heavy atom. The number of amides is 1. The number of carbonyl (C=O) groups excluding carboxylic acids is 1. The molecule has 4 nitrogen and oxygen atoms in total. The Labute approximate surface area is 95.6 Å². The highest BCUT2D eigenvalue weighted by atomic mass is 16.3. The molecular weight excluding hydrogens is 204 g/mol. The monoisotopic (exact) mass is 222 g/mol. The smallest absolute Gasteiger partial charge is 0.257 e. The van der Waals surface area contributed by atoms with Crippen molar-refractivity contribution in [3.8, 4) is 0 Å². The van der Waals surface area contributed by atoms with Crippen LogP contribution in [0, 0.1) is 0 Å². The first-order valence-electron chi connectivity index (χ1n) is 5.78. The van der Waals surface area contributed by atoms with Crippen molar-refractivity contribution >= 4 is 5.91 Å². The van der Waals surface area contributed by atoms with Gasteiger partial charge in [0.05, 0.1) is 11.8 Å². The summed E-state index contributed by atoms with van der Waals surface area (Å²) in [5.41, 5.74) is 0.705. The van der Waals surface area contributed by atoms with Gasteiger partial charge in [-0.25, -0.2) is 0 Å². The van der Waals surface area contributed by atoms with Crippen molar-refractivity contribution in [2.45, 2.75) is 25.8 Å². The van der Waals surface area contributed by atoms with E-state index in [1.165, 1.54) is 0 Å². The predicted molar refractivity (Wildman–Crippen MR) is 61.5 cm³/mol. The lowest BCUT2D eigenvalue weighted by Crippen LogP contribution is -2.38. The number of likely N-dealkylation sites (N-methyl/N-ethyl adjacent to an activating group) is 1. The highest BCUT2D eigenvalue weighted by Crippen LogP contribution is 2.16. The van der Waals surface area contributed by atoms with E-state index in [0.717, 1.165) is 31.7 Å². The molecule has 0 saturated carbocycles. The van der Waals surface area contributed by atoms with Gasteiger partial charge in [-0.15, -0.1) is 0 Å². The Morgan fingerprint density at radius 3 is 3.12 bits per heavy atom. The summed E-state index contributed by atoms with van der Waals surface area (Å²) in [4.78, 5) is 14.0. The van der Waals surface area contributed by atoms with Crippen LogP contribution >= 0.6 is 0 Å². The molecule has 0 aromatic carbocycles. The van der Waals surface area contributed by atoms with E-state index in [2.05, 4.69) is 5.32 Å². The summed E-state index contributed by atoms with van der Waals surface area (Å²) < 4.78 is 5.28. The largest absolute Gasteiger partial charge is 0.469 e. The van der Waals surface area contributed by atoms with Gasteiger partial charge in [-0.2, -0.15) is 0 Å². The minimum absolute atomic E-state index is 0.0688. The van der Waals surface area contributed by atoms with E-state index in [0.29, 0.717) is 11.6 Å². The van der Waals surface area contributed by atoms with Crippen LogP contribution in [0.3, 0.4) is 0 Å². The average Bonchev–Trinajstić information content (AvgIpc) is 2.97. The maximum Gasteiger partial charge on any atom is 0.257 e. The fraction of sp³-hybridized carbons (Fsp3) is 0.583. The molecule has 2 rings (SSSR count). The van der Waals surface area contributed by atoms with Crippen LogP contribution in [0.1, 0.15) is 29.5 Å². The first kappa shape index (κ1) is 11.2. The van der Waals surface area contributed by atoms with Gasteiger partial charge in [0.1, 0.15) is 5.76 Å². The van der Waals surface area contributed by atoms with Gasteiger partial charge in [-0.3, -0.25) is 4.79 Å². The van der Waals surface area contributed by atoms with Crippen LogP contribution in [0.25, 0.3) is 0 Å². The normalized spacial score (nSPS) is 20.0. The van der Waals surface area contributed by atoms with Crippen molar-refractivity contribution in [2.75, 3.05) is 20.1 Å². The van der Waals surface area contributed by atoms with E-state index in [9.17, 15) is 4.79 Å². The summed E-state index contributed by atoms with van der Waals surface area (Å²) in [6, 6.07) is 2.08. The second kappa shape index (κ2) is 4.70. The van der Waals surface area contributed by atoms with E-state index >= 15 is 0 Å². The number of rotatable bonds is 3. The van der Waals surface area contributed by atoms with Crippen molar-refractivity contribution in [2.24, 2.45) is 0 Å². The molecule has 0 aliphatic carbocycles. The fourth-order valence-electron chi connectivity index (χ4n) is 2.13. The van der Waals surface area contributed by atoms with Crippen molar-refractivity contribution in [1.29, 1.82) is 0 Å². The lowest BCUT2D eigenvalue weighted by atomic mass is 10.1. The highest BCUT2D eigenvalue weighted by Gasteiger charge is 2.25. The lowest BCUT2D eigenvalue weighted by Gasteiger charge is -2.23. The fourth-order valence-corrected chi connectivity index (χ4v) is 2.13. The molecule has 16 heavy (non-hydrogen) atoms. The Kier molecular flexibility index (Phi) is 3.29. The third-order valence-electron chi connectivity index (χ3n) is 3.20. The molecule has 4 heteroatoms. The zero-order chi connectivity index (χ0) is 11.5. The molecule has 1 fully saturated rings. The predicted octanol–water partition coefficient (Wildman–Crippen LogP) is 1.28. The number of hydrogen-bond acceptors (Lipinski definition) is 3. The number of nitrogens with one attached hydrogen (secondary N) is 1. The van der Waals surface area contributed by atoms with Crippen LogP contribution in [0.2, 0.25) is 0 Å². The Morgan fingerprint density at radius 1 is 1.69 bits per heavy atom. The summed E-state index contributed by atoms with van der Waals surface area (Å²) in [5, 5.41) is 3.26. The lowest BCUT2D eigenvalue weighted by molar-refractivity contribution is 0.0741. The summed E-state index contributed by atoms with van der Waals surface area (Å²) in [6.45, 7) is 3.88. The van der Waals surface area contributed by atoms with Crippen LogP contribution in [0.4, 0.5) is 0 Å². The quantitative estimate of drug-likeness (QED) is 0.838. The minimum atomic E-state index is 0.0688. The Balaban J connectivity index is 2.11. The van der Waals surface area contributed by atoms with Gasteiger partial charge < -0.3 is 14.6 Å². The van der Waals surface area contributed by atoms with Crippen LogP contribution < -0.4 is 5.32 Å². The molecule has 1 amide bonds. The number of furan rings is 1. The minimum Gasteiger partial charge on any atom is -0.469 e. The van der Waals surface area contributed by atoms with Crippen molar-refractivity contribution in [3.63, 3.8) is 0 Å². The van der Waals surface area contributed by atoms with Gasteiger partial charge >= 0.3 is 0 Å². The molecule has 1 aliphatic heterocycles. The Bertz CT molecular complexity index is 367. The number of hydrogen-bond donors (Lipinski definition) is 1. The molecule has 0 spiro atoms. The molecule has 1 aromatic rings. The third-order valence-corrected chi connectivity index (χ3v) is 3.20. The molecule has 0 radical (unpaired) electrons. The summed E-state index contributed by atoms with van der Waals surface area (Å²) in [6.07, 6.45) is 3.37. The van der Waals surface area contributed by atoms with Gasteiger partial charge in [-0.1, -0.05) is 6.92 Å². The summed E-state index contributed by atoms with van der Waals surface area (Å²) >= 11 is 0. The summed E-state index contributed by atoms with van der Waals surface area (Å²) in [5.74, 6) is 0.849. The van der Waals surface area contributed by atoms with Crippen molar-refractivity contribution in [3.05, 3.63) is 23.7 Å².